The highest BCUT2D eigenvalue weighted by Crippen LogP contribution is 2.23. The number of sulfonamides is 1. The van der Waals surface area contributed by atoms with Gasteiger partial charge in [-0.3, -0.25) is 9.71 Å². The van der Waals surface area contributed by atoms with Crippen molar-refractivity contribution in [3.8, 4) is 5.75 Å². The number of hydrogen-bond donors (Lipinski definition) is 1. The molecular weight excluding hydrogens is 416 g/mol. The Labute approximate surface area is 180 Å². The maximum absolute atomic E-state index is 12.3. The number of carbonyl (C=O) groups is 1. The lowest BCUT2D eigenvalue weighted by Crippen LogP contribution is -2.22. The number of benzene rings is 3. The predicted molar refractivity (Wildman–Crippen MR) is 116 cm³/mol. The Morgan fingerprint density at radius 3 is 2.45 bits per heavy atom. The summed E-state index contributed by atoms with van der Waals surface area (Å²) in [6, 6.07) is 20.9. The molecule has 31 heavy (non-hydrogen) atoms. The molecular formula is C23H20N2O5S. The Hall–Kier alpha value is -3.65. The van der Waals surface area contributed by atoms with E-state index in [-0.39, 0.29) is 18.0 Å². The van der Waals surface area contributed by atoms with Crippen LogP contribution < -0.4 is 9.46 Å². The maximum Gasteiger partial charge on any atom is 0.338 e. The minimum Gasteiger partial charge on any atom is -0.496 e. The van der Waals surface area contributed by atoms with E-state index in [2.05, 4.69) is 9.71 Å². The molecule has 3 aromatic carbocycles. The highest BCUT2D eigenvalue weighted by Gasteiger charge is 2.29. The lowest BCUT2D eigenvalue weighted by atomic mass is 10.1. The standard InChI is InChI=1S/C23H20N2O5S/c1-29-20-8-4-2-6-18(20)15-30-23(26)17-12-10-16(11-13-17)14-24-22-19-7-3-5-9-21(19)31(27,28)25-22/h2-13H,14-15H2,1H3,(H,24,25). The van der Waals surface area contributed by atoms with Crippen LogP contribution in [0.2, 0.25) is 0 Å². The Morgan fingerprint density at radius 2 is 1.68 bits per heavy atom. The number of rotatable bonds is 6. The molecule has 158 valence electrons. The van der Waals surface area contributed by atoms with Gasteiger partial charge in [-0.05, 0) is 35.9 Å². The summed E-state index contributed by atoms with van der Waals surface area (Å²) < 4.78 is 37.4. The van der Waals surface area contributed by atoms with E-state index in [1.807, 2.05) is 24.3 Å². The largest absolute Gasteiger partial charge is 0.496 e. The van der Waals surface area contributed by atoms with Crippen molar-refractivity contribution in [3.05, 3.63) is 95.1 Å². The Morgan fingerprint density at radius 1 is 0.968 bits per heavy atom. The first-order valence-corrected chi connectivity index (χ1v) is 11.0. The highest BCUT2D eigenvalue weighted by atomic mass is 32.2. The smallest absolute Gasteiger partial charge is 0.338 e. The van der Waals surface area contributed by atoms with Gasteiger partial charge in [0.05, 0.1) is 24.1 Å². The molecule has 0 radical (unpaired) electrons. The fourth-order valence-electron chi connectivity index (χ4n) is 3.22. The molecule has 7 nitrogen and oxygen atoms in total. The van der Waals surface area contributed by atoms with Crippen LogP contribution in [0.1, 0.15) is 27.0 Å². The average Bonchev–Trinajstić information content (AvgIpc) is 3.07. The van der Waals surface area contributed by atoms with Crippen LogP contribution in [-0.2, 0) is 27.9 Å². The minimum absolute atomic E-state index is 0.109. The van der Waals surface area contributed by atoms with Crippen LogP contribution in [0.5, 0.6) is 5.75 Å². The van der Waals surface area contributed by atoms with Gasteiger partial charge in [0, 0.05) is 11.1 Å². The number of aliphatic imine (C=N–C) groups is 1. The molecule has 1 heterocycles. The molecule has 0 saturated heterocycles. The van der Waals surface area contributed by atoms with E-state index in [1.54, 1.807) is 55.6 Å². The fourth-order valence-corrected chi connectivity index (χ4v) is 4.47. The monoisotopic (exact) mass is 436 g/mol. The Kier molecular flexibility index (Phi) is 5.73. The number of nitrogens with zero attached hydrogens (tertiary/aromatic N) is 1. The van der Waals surface area contributed by atoms with Crippen molar-refractivity contribution in [2.24, 2.45) is 4.99 Å². The van der Waals surface area contributed by atoms with Crippen LogP contribution in [-0.4, -0.2) is 27.3 Å². The molecule has 0 aromatic heterocycles. The lowest BCUT2D eigenvalue weighted by molar-refractivity contribution is 0.0470. The molecule has 1 aliphatic rings. The molecule has 1 N–H and O–H groups in total. The molecule has 8 heteroatoms. The van der Waals surface area contributed by atoms with Gasteiger partial charge in [-0.15, -0.1) is 0 Å². The molecule has 0 saturated carbocycles. The first-order valence-electron chi connectivity index (χ1n) is 9.52. The third-order valence-electron chi connectivity index (χ3n) is 4.82. The molecule has 1 aliphatic heterocycles. The van der Waals surface area contributed by atoms with Crippen LogP contribution >= 0.6 is 0 Å². The second kappa shape index (κ2) is 8.61. The van der Waals surface area contributed by atoms with E-state index in [1.165, 1.54) is 0 Å². The van der Waals surface area contributed by atoms with Crippen LogP contribution in [0, 0.1) is 0 Å². The Balaban J connectivity index is 1.41. The molecule has 0 amide bonds. The third kappa shape index (κ3) is 4.44. The third-order valence-corrected chi connectivity index (χ3v) is 6.22. The van der Waals surface area contributed by atoms with E-state index in [4.69, 9.17) is 9.47 Å². The summed E-state index contributed by atoms with van der Waals surface area (Å²) in [4.78, 5) is 17.0. The number of hydrogen-bond acceptors (Lipinski definition) is 6. The van der Waals surface area contributed by atoms with E-state index in [9.17, 15) is 13.2 Å². The number of amidine groups is 1. The summed E-state index contributed by atoms with van der Waals surface area (Å²) in [5.74, 6) is 0.533. The summed E-state index contributed by atoms with van der Waals surface area (Å²) >= 11 is 0. The molecule has 0 fully saturated rings. The van der Waals surface area contributed by atoms with E-state index in [0.29, 0.717) is 22.7 Å². The van der Waals surface area contributed by atoms with Gasteiger partial charge in [-0.25, -0.2) is 13.2 Å². The average molecular weight is 436 g/mol. The minimum atomic E-state index is -3.56. The van der Waals surface area contributed by atoms with Crippen molar-refractivity contribution in [3.63, 3.8) is 0 Å². The number of esters is 1. The summed E-state index contributed by atoms with van der Waals surface area (Å²) in [5.41, 5.74) is 2.58. The first kappa shape index (κ1) is 20.6. The van der Waals surface area contributed by atoms with Gasteiger partial charge in [0.1, 0.15) is 18.2 Å². The van der Waals surface area contributed by atoms with Gasteiger partial charge in [-0.2, -0.15) is 0 Å². The van der Waals surface area contributed by atoms with Crippen molar-refractivity contribution in [2.75, 3.05) is 7.11 Å². The Bertz CT molecular complexity index is 1250. The zero-order valence-electron chi connectivity index (χ0n) is 16.7. The first-order chi connectivity index (χ1) is 15.0. The van der Waals surface area contributed by atoms with Gasteiger partial charge >= 0.3 is 5.97 Å². The number of ether oxygens (including phenoxy) is 2. The van der Waals surface area contributed by atoms with Gasteiger partial charge in [0.15, 0.2) is 0 Å². The highest BCUT2D eigenvalue weighted by molar-refractivity contribution is 7.90. The predicted octanol–water partition coefficient (Wildman–Crippen LogP) is 3.29. The second-order valence-corrected chi connectivity index (χ2v) is 8.50. The number of para-hydroxylation sites is 1. The molecule has 0 atom stereocenters. The summed E-state index contributed by atoms with van der Waals surface area (Å²) in [6.45, 7) is 0.376. The second-order valence-electron chi connectivity index (χ2n) is 6.85. The molecule has 0 aliphatic carbocycles. The fraction of sp³-hybridized carbons (Fsp3) is 0.130. The van der Waals surface area contributed by atoms with E-state index in [0.717, 1.165) is 11.1 Å². The summed E-state index contributed by atoms with van der Waals surface area (Å²) in [5, 5.41) is 0. The van der Waals surface area contributed by atoms with E-state index < -0.39 is 16.0 Å². The number of carbonyl (C=O) groups excluding carboxylic acids is 1. The number of nitrogens with one attached hydrogen (secondary N) is 1. The van der Waals surface area contributed by atoms with Gasteiger partial charge in [0.2, 0.25) is 0 Å². The van der Waals surface area contributed by atoms with Crippen LogP contribution in [0.3, 0.4) is 0 Å². The quantitative estimate of drug-likeness (QED) is 0.599. The van der Waals surface area contributed by atoms with Gasteiger partial charge in [0.25, 0.3) is 10.0 Å². The van der Waals surface area contributed by atoms with Crippen LogP contribution in [0.15, 0.2) is 82.7 Å². The molecule has 4 rings (SSSR count). The van der Waals surface area contributed by atoms with Crippen molar-refractivity contribution in [1.29, 1.82) is 0 Å². The molecule has 3 aromatic rings. The SMILES string of the molecule is COc1ccccc1COC(=O)c1ccc(CN=C2NS(=O)(=O)c3ccccc32)cc1. The number of methoxy groups -OCH3 is 1. The van der Waals surface area contributed by atoms with Crippen molar-refractivity contribution in [2.45, 2.75) is 18.0 Å². The zero-order valence-corrected chi connectivity index (χ0v) is 17.6. The van der Waals surface area contributed by atoms with Crippen molar-refractivity contribution < 1.29 is 22.7 Å². The molecule has 0 unspecified atom stereocenters. The van der Waals surface area contributed by atoms with E-state index >= 15 is 0 Å². The van der Waals surface area contributed by atoms with Crippen molar-refractivity contribution in [1.82, 2.24) is 4.72 Å². The zero-order chi connectivity index (χ0) is 21.8. The number of fused-ring (bicyclic) bond motifs is 1. The lowest BCUT2D eigenvalue weighted by Gasteiger charge is -2.09. The van der Waals surface area contributed by atoms with Crippen LogP contribution in [0.25, 0.3) is 0 Å². The van der Waals surface area contributed by atoms with Gasteiger partial charge < -0.3 is 9.47 Å². The van der Waals surface area contributed by atoms with Gasteiger partial charge in [-0.1, -0.05) is 42.5 Å². The summed E-state index contributed by atoms with van der Waals surface area (Å²) in [7, 11) is -2.00. The summed E-state index contributed by atoms with van der Waals surface area (Å²) in [6.07, 6.45) is 0. The van der Waals surface area contributed by atoms with Crippen LogP contribution in [0.4, 0.5) is 0 Å². The molecule has 0 spiro atoms. The maximum atomic E-state index is 12.3. The normalized spacial score (nSPS) is 15.2. The molecule has 0 bridgehead atoms. The topological polar surface area (TPSA) is 94.1 Å². The van der Waals surface area contributed by atoms with Crippen molar-refractivity contribution >= 4 is 21.8 Å².